The molecule has 1 aliphatic carbocycles. The van der Waals surface area contributed by atoms with Crippen molar-refractivity contribution in [3.05, 3.63) is 0 Å². The Hall–Kier alpha value is -1.47. The molecule has 1 aliphatic rings. The second-order valence-electron chi connectivity index (χ2n) is 5.66. The predicted octanol–water partition coefficient (Wildman–Crippen LogP) is 1.98. The lowest BCUT2D eigenvalue weighted by atomic mass is 10.1. The van der Waals surface area contributed by atoms with E-state index in [1.54, 1.807) is 20.8 Å². The lowest BCUT2D eigenvalue weighted by molar-refractivity contribution is -0.163. The molecule has 110 valence electrons. The SMILES string of the molecule is CC(C)(C)N(CC(=O)O)C(=O)NC1(C(F)(F)F)CC1. The van der Waals surface area contributed by atoms with Crippen LogP contribution in [0.5, 0.6) is 0 Å². The first-order chi connectivity index (χ1) is 8.39. The summed E-state index contributed by atoms with van der Waals surface area (Å²) in [5.74, 6) is -1.28. The number of rotatable bonds is 3. The lowest BCUT2D eigenvalue weighted by Gasteiger charge is -2.36. The molecule has 0 aromatic rings. The van der Waals surface area contributed by atoms with E-state index >= 15 is 0 Å². The molecule has 0 saturated heterocycles. The molecule has 1 rings (SSSR count). The second-order valence-corrected chi connectivity index (χ2v) is 5.66. The number of alkyl halides is 3. The number of carbonyl (C=O) groups excluding carboxylic acids is 1. The fourth-order valence-corrected chi connectivity index (χ4v) is 1.63. The van der Waals surface area contributed by atoms with E-state index in [9.17, 15) is 22.8 Å². The number of nitrogens with zero attached hydrogens (tertiary/aromatic N) is 1. The van der Waals surface area contributed by atoms with Gasteiger partial charge in [0.1, 0.15) is 12.1 Å². The summed E-state index contributed by atoms with van der Waals surface area (Å²) < 4.78 is 38.2. The summed E-state index contributed by atoms with van der Waals surface area (Å²) in [5, 5.41) is 10.6. The minimum Gasteiger partial charge on any atom is -0.480 e. The van der Waals surface area contributed by atoms with Gasteiger partial charge in [0.05, 0.1) is 0 Å². The Morgan fingerprint density at radius 1 is 1.26 bits per heavy atom. The zero-order valence-electron chi connectivity index (χ0n) is 11.0. The molecule has 1 saturated carbocycles. The Balaban J connectivity index is 2.82. The maximum absolute atomic E-state index is 12.7. The Bertz CT molecular complexity index is 384. The van der Waals surface area contributed by atoms with Crippen LogP contribution >= 0.6 is 0 Å². The van der Waals surface area contributed by atoms with Crippen molar-refractivity contribution in [1.82, 2.24) is 10.2 Å². The quantitative estimate of drug-likeness (QED) is 0.831. The third-order valence-corrected chi connectivity index (χ3v) is 2.99. The van der Waals surface area contributed by atoms with Crippen LogP contribution in [-0.4, -0.2) is 45.8 Å². The number of carbonyl (C=O) groups is 2. The highest BCUT2D eigenvalue weighted by Gasteiger charge is 2.64. The third kappa shape index (κ3) is 3.51. The van der Waals surface area contributed by atoms with Crippen LogP contribution in [0.3, 0.4) is 0 Å². The fraction of sp³-hybridized carbons (Fsp3) is 0.818. The van der Waals surface area contributed by atoms with E-state index < -0.39 is 35.8 Å². The van der Waals surface area contributed by atoms with Crippen molar-refractivity contribution >= 4 is 12.0 Å². The van der Waals surface area contributed by atoms with E-state index in [-0.39, 0.29) is 12.8 Å². The molecular weight excluding hydrogens is 265 g/mol. The monoisotopic (exact) mass is 282 g/mol. The van der Waals surface area contributed by atoms with Crippen molar-refractivity contribution in [1.29, 1.82) is 0 Å². The van der Waals surface area contributed by atoms with Gasteiger partial charge in [-0.1, -0.05) is 0 Å². The average molecular weight is 282 g/mol. The topological polar surface area (TPSA) is 69.6 Å². The van der Waals surface area contributed by atoms with Gasteiger partial charge in [-0.2, -0.15) is 13.2 Å². The van der Waals surface area contributed by atoms with Gasteiger partial charge in [0.15, 0.2) is 0 Å². The molecule has 2 N–H and O–H groups in total. The number of amides is 2. The van der Waals surface area contributed by atoms with Crippen LogP contribution in [0.4, 0.5) is 18.0 Å². The second kappa shape index (κ2) is 4.57. The highest BCUT2D eigenvalue weighted by molar-refractivity contribution is 5.81. The van der Waals surface area contributed by atoms with Crippen LogP contribution in [0.25, 0.3) is 0 Å². The Labute approximate surface area is 108 Å². The van der Waals surface area contributed by atoms with Gasteiger partial charge in [-0.05, 0) is 33.6 Å². The van der Waals surface area contributed by atoms with Crippen LogP contribution < -0.4 is 5.32 Å². The zero-order valence-corrected chi connectivity index (χ0v) is 11.0. The fourth-order valence-electron chi connectivity index (χ4n) is 1.63. The molecule has 5 nitrogen and oxygen atoms in total. The molecule has 0 unspecified atom stereocenters. The van der Waals surface area contributed by atoms with E-state index in [0.29, 0.717) is 0 Å². The summed E-state index contributed by atoms with van der Waals surface area (Å²) >= 11 is 0. The number of nitrogens with one attached hydrogen (secondary N) is 1. The van der Waals surface area contributed by atoms with Gasteiger partial charge >= 0.3 is 18.2 Å². The maximum atomic E-state index is 12.7. The molecule has 0 radical (unpaired) electrons. The molecule has 1 fully saturated rings. The van der Waals surface area contributed by atoms with E-state index in [0.717, 1.165) is 4.90 Å². The number of halogens is 3. The molecule has 8 heteroatoms. The minimum atomic E-state index is -4.52. The third-order valence-electron chi connectivity index (χ3n) is 2.99. The molecule has 0 bridgehead atoms. The van der Waals surface area contributed by atoms with Crippen LogP contribution in [0.2, 0.25) is 0 Å². The molecule has 0 heterocycles. The normalized spacial score (nSPS) is 17.8. The van der Waals surface area contributed by atoms with Gasteiger partial charge < -0.3 is 15.3 Å². The smallest absolute Gasteiger partial charge is 0.411 e. The zero-order chi connectivity index (χ0) is 15.1. The van der Waals surface area contributed by atoms with Gasteiger partial charge in [-0.3, -0.25) is 4.79 Å². The number of hydrogen-bond acceptors (Lipinski definition) is 2. The first-order valence-corrected chi connectivity index (χ1v) is 5.77. The van der Waals surface area contributed by atoms with Gasteiger partial charge in [-0.15, -0.1) is 0 Å². The Kier molecular flexibility index (Phi) is 3.75. The van der Waals surface area contributed by atoms with Gasteiger partial charge in [0.25, 0.3) is 0 Å². The molecule has 19 heavy (non-hydrogen) atoms. The average Bonchev–Trinajstić information content (AvgIpc) is 2.91. The molecule has 2 amide bonds. The molecule has 0 aromatic heterocycles. The number of hydrogen-bond donors (Lipinski definition) is 2. The Morgan fingerprint density at radius 3 is 2.00 bits per heavy atom. The molecule has 0 aliphatic heterocycles. The van der Waals surface area contributed by atoms with Crippen LogP contribution in [0.1, 0.15) is 33.6 Å². The molecule has 0 aromatic carbocycles. The number of carboxylic acids is 1. The van der Waals surface area contributed by atoms with Crippen molar-refractivity contribution in [2.24, 2.45) is 0 Å². The number of aliphatic carboxylic acids is 1. The maximum Gasteiger partial charge on any atom is 0.411 e. The molecule has 0 spiro atoms. The molecular formula is C11H17F3N2O3. The number of carboxylic acid groups (broad SMARTS) is 1. The summed E-state index contributed by atoms with van der Waals surface area (Å²) in [4.78, 5) is 23.5. The molecule has 0 atom stereocenters. The first kappa shape index (κ1) is 15.6. The summed E-state index contributed by atoms with van der Waals surface area (Å²) in [6.45, 7) is 4.03. The van der Waals surface area contributed by atoms with Crippen LogP contribution in [-0.2, 0) is 4.79 Å². The van der Waals surface area contributed by atoms with Crippen molar-refractivity contribution in [3.63, 3.8) is 0 Å². The van der Waals surface area contributed by atoms with E-state index in [1.165, 1.54) is 0 Å². The van der Waals surface area contributed by atoms with E-state index in [4.69, 9.17) is 5.11 Å². The first-order valence-electron chi connectivity index (χ1n) is 5.77. The van der Waals surface area contributed by atoms with E-state index in [1.807, 2.05) is 5.32 Å². The Morgan fingerprint density at radius 2 is 1.74 bits per heavy atom. The highest BCUT2D eigenvalue weighted by atomic mass is 19.4. The van der Waals surface area contributed by atoms with Crippen molar-refractivity contribution < 1.29 is 27.9 Å². The van der Waals surface area contributed by atoms with Gasteiger partial charge in [0, 0.05) is 5.54 Å². The standard InChI is InChI=1S/C11H17F3N2O3/c1-9(2,3)16(6-7(17)18)8(19)15-10(4-5-10)11(12,13)14/h4-6H2,1-3H3,(H,15,19)(H,17,18). The van der Waals surface area contributed by atoms with E-state index in [2.05, 4.69) is 0 Å². The lowest BCUT2D eigenvalue weighted by Crippen LogP contribution is -2.58. The van der Waals surface area contributed by atoms with Crippen molar-refractivity contribution in [2.75, 3.05) is 6.54 Å². The van der Waals surface area contributed by atoms with Gasteiger partial charge in [-0.25, -0.2) is 4.79 Å². The summed E-state index contributed by atoms with van der Waals surface area (Å²) in [6, 6.07) is -1.01. The largest absolute Gasteiger partial charge is 0.480 e. The highest BCUT2D eigenvalue weighted by Crippen LogP contribution is 2.49. The van der Waals surface area contributed by atoms with Crippen molar-refractivity contribution in [3.8, 4) is 0 Å². The van der Waals surface area contributed by atoms with Crippen LogP contribution in [0.15, 0.2) is 0 Å². The van der Waals surface area contributed by atoms with Gasteiger partial charge in [0.2, 0.25) is 0 Å². The summed E-state index contributed by atoms with van der Waals surface area (Å²) in [7, 11) is 0. The number of urea groups is 1. The van der Waals surface area contributed by atoms with Crippen LogP contribution in [0, 0.1) is 0 Å². The van der Waals surface area contributed by atoms with Crippen molar-refractivity contribution in [2.45, 2.75) is 50.9 Å². The minimum absolute atomic E-state index is 0.173. The summed E-state index contributed by atoms with van der Waals surface area (Å²) in [6.07, 6.45) is -4.87. The summed E-state index contributed by atoms with van der Waals surface area (Å²) in [5.41, 5.74) is -3.07. The predicted molar refractivity (Wildman–Crippen MR) is 60.6 cm³/mol.